The number of nitrogens with zero attached hydrogens (tertiary/aromatic N) is 2. The summed E-state index contributed by atoms with van der Waals surface area (Å²) in [6.07, 6.45) is 6.79. The Hall–Kier alpha value is -2.61. The fourth-order valence-corrected chi connectivity index (χ4v) is 1.70. The second-order valence-corrected chi connectivity index (χ2v) is 3.83. The number of esters is 1. The molecule has 2 heterocycles. The Labute approximate surface area is 109 Å². The fraction of sp³-hybridized carbons (Fsp3) is 0.214. The zero-order valence-corrected chi connectivity index (χ0v) is 10.4. The molecular formula is C14H12N2O3. The van der Waals surface area contributed by atoms with Crippen molar-refractivity contribution in [2.75, 3.05) is 6.61 Å². The molecule has 0 aliphatic heterocycles. The summed E-state index contributed by atoms with van der Waals surface area (Å²) in [5, 5.41) is 0.684. The van der Waals surface area contributed by atoms with Crippen LogP contribution in [0.3, 0.4) is 0 Å². The fourth-order valence-electron chi connectivity index (χ4n) is 1.70. The maximum absolute atomic E-state index is 12.2. The minimum atomic E-state index is -0.461. The summed E-state index contributed by atoms with van der Waals surface area (Å²) in [5.74, 6) is 1.91. The van der Waals surface area contributed by atoms with E-state index in [1.54, 1.807) is 31.3 Å². The van der Waals surface area contributed by atoms with Crippen LogP contribution in [0.5, 0.6) is 0 Å². The summed E-state index contributed by atoms with van der Waals surface area (Å²) in [5.41, 5.74) is 0.281. The van der Waals surface area contributed by atoms with Gasteiger partial charge in [-0.3, -0.25) is 9.59 Å². The summed E-state index contributed by atoms with van der Waals surface area (Å²) >= 11 is 0. The third-order valence-corrected chi connectivity index (χ3v) is 2.58. The van der Waals surface area contributed by atoms with Gasteiger partial charge in [-0.2, -0.15) is 0 Å². The molecule has 0 bridgehead atoms. The molecule has 0 saturated carbocycles. The van der Waals surface area contributed by atoms with Gasteiger partial charge in [0.15, 0.2) is 0 Å². The Morgan fingerprint density at radius 1 is 1.47 bits per heavy atom. The molecule has 5 heteroatoms. The zero-order chi connectivity index (χ0) is 13.8. The lowest BCUT2D eigenvalue weighted by Crippen LogP contribution is -2.25. The van der Waals surface area contributed by atoms with E-state index in [0.717, 1.165) is 0 Å². The molecule has 19 heavy (non-hydrogen) atoms. The van der Waals surface area contributed by atoms with E-state index in [2.05, 4.69) is 10.9 Å². The van der Waals surface area contributed by atoms with E-state index < -0.39 is 5.97 Å². The molecule has 0 N–H and O–H groups in total. The van der Waals surface area contributed by atoms with E-state index >= 15 is 0 Å². The third-order valence-electron chi connectivity index (χ3n) is 2.58. The van der Waals surface area contributed by atoms with Crippen molar-refractivity contribution >= 4 is 16.9 Å². The van der Waals surface area contributed by atoms with Gasteiger partial charge in [-0.1, -0.05) is 5.92 Å². The normalized spacial score (nSPS) is 10.1. The van der Waals surface area contributed by atoms with Crippen molar-refractivity contribution in [1.82, 2.24) is 9.55 Å². The zero-order valence-electron chi connectivity index (χ0n) is 10.4. The first-order chi connectivity index (χ1) is 9.15. The van der Waals surface area contributed by atoms with Gasteiger partial charge in [-0.15, -0.1) is 6.42 Å². The van der Waals surface area contributed by atoms with Crippen LogP contribution in [0, 0.1) is 12.3 Å². The van der Waals surface area contributed by atoms with E-state index in [1.807, 2.05) is 0 Å². The predicted octanol–water partition coefficient (Wildman–Crippen LogP) is 0.941. The lowest BCUT2D eigenvalue weighted by atomic mass is 10.2. The van der Waals surface area contributed by atoms with E-state index in [1.165, 1.54) is 4.57 Å². The quantitative estimate of drug-likeness (QED) is 0.605. The molecule has 96 valence electrons. The number of ether oxygens (including phenoxy) is 1. The standard InChI is InChI=1S/C14H12N2O3/c1-3-11-6-5-10-7-8-16(9-12(17)19-4-2)14(18)13(10)15-11/h1,5-8H,4,9H2,2H3. The van der Waals surface area contributed by atoms with Gasteiger partial charge in [0, 0.05) is 11.6 Å². The van der Waals surface area contributed by atoms with Crippen molar-refractivity contribution in [3.05, 3.63) is 40.4 Å². The minimum Gasteiger partial charge on any atom is -0.465 e. The minimum absolute atomic E-state index is 0.134. The van der Waals surface area contributed by atoms with Crippen LogP contribution in [0.15, 0.2) is 29.2 Å². The highest BCUT2D eigenvalue weighted by molar-refractivity contribution is 5.78. The summed E-state index contributed by atoms with van der Waals surface area (Å²) < 4.78 is 6.06. The molecule has 2 rings (SSSR count). The first-order valence-corrected chi connectivity index (χ1v) is 5.78. The molecule has 0 unspecified atom stereocenters. The average molecular weight is 256 g/mol. The number of hydrogen-bond donors (Lipinski definition) is 0. The van der Waals surface area contributed by atoms with Gasteiger partial charge >= 0.3 is 5.97 Å². The van der Waals surface area contributed by atoms with Crippen molar-refractivity contribution in [2.45, 2.75) is 13.5 Å². The molecule has 0 aromatic carbocycles. The number of carbonyl (C=O) groups is 1. The predicted molar refractivity (Wildman–Crippen MR) is 70.6 cm³/mol. The average Bonchev–Trinajstić information content (AvgIpc) is 2.42. The van der Waals surface area contributed by atoms with E-state index in [-0.39, 0.29) is 24.2 Å². The van der Waals surface area contributed by atoms with Crippen molar-refractivity contribution in [3.63, 3.8) is 0 Å². The molecule has 0 saturated heterocycles. The second kappa shape index (κ2) is 5.36. The highest BCUT2D eigenvalue weighted by Gasteiger charge is 2.08. The molecule has 0 aliphatic carbocycles. The second-order valence-electron chi connectivity index (χ2n) is 3.83. The molecule has 0 radical (unpaired) electrons. The Morgan fingerprint density at radius 3 is 2.95 bits per heavy atom. The van der Waals surface area contributed by atoms with Crippen LogP contribution < -0.4 is 5.56 Å². The van der Waals surface area contributed by atoms with Gasteiger partial charge in [-0.05, 0) is 25.1 Å². The molecule has 0 amide bonds. The van der Waals surface area contributed by atoms with E-state index in [0.29, 0.717) is 11.1 Å². The number of aromatic nitrogens is 2. The first-order valence-electron chi connectivity index (χ1n) is 5.78. The Bertz CT molecular complexity index is 726. The Kier molecular flexibility index (Phi) is 3.62. The van der Waals surface area contributed by atoms with Gasteiger partial charge in [0.25, 0.3) is 5.56 Å². The maximum Gasteiger partial charge on any atom is 0.326 e. The van der Waals surface area contributed by atoms with Gasteiger partial charge in [-0.25, -0.2) is 4.98 Å². The Morgan fingerprint density at radius 2 is 2.26 bits per heavy atom. The number of carbonyl (C=O) groups excluding carboxylic acids is 1. The molecule has 2 aromatic heterocycles. The van der Waals surface area contributed by atoms with Crippen molar-refractivity contribution < 1.29 is 9.53 Å². The molecule has 0 spiro atoms. The summed E-state index contributed by atoms with van der Waals surface area (Å²) in [6.45, 7) is 1.85. The third kappa shape index (κ3) is 2.63. The highest BCUT2D eigenvalue weighted by Crippen LogP contribution is 2.07. The largest absolute Gasteiger partial charge is 0.465 e. The molecule has 5 nitrogen and oxygen atoms in total. The first kappa shape index (κ1) is 12.8. The molecule has 0 fully saturated rings. The van der Waals surface area contributed by atoms with Gasteiger partial charge in [0.1, 0.15) is 17.8 Å². The van der Waals surface area contributed by atoms with Gasteiger partial charge in [0.2, 0.25) is 0 Å². The van der Waals surface area contributed by atoms with Crippen LogP contribution in [-0.2, 0) is 16.1 Å². The van der Waals surface area contributed by atoms with Crippen molar-refractivity contribution in [1.29, 1.82) is 0 Å². The number of pyridine rings is 2. The lowest BCUT2D eigenvalue weighted by molar-refractivity contribution is -0.143. The van der Waals surface area contributed by atoms with Crippen LogP contribution in [0.25, 0.3) is 10.9 Å². The summed E-state index contributed by atoms with van der Waals surface area (Å²) in [7, 11) is 0. The van der Waals surface area contributed by atoms with Gasteiger partial charge < -0.3 is 9.30 Å². The van der Waals surface area contributed by atoms with Crippen molar-refractivity contribution in [3.8, 4) is 12.3 Å². The topological polar surface area (TPSA) is 61.2 Å². The van der Waals surface area contributed by atoms with E-state index in [4.69, 9.17) is 11.2 Å². The molecule has 0 aliphatic rings. The number of terminal acetylenes is 1. The van der Waals surface area contributed by atoms with Crippen LogP contribution in [0.2, 0.25) is 0 Å². The molecule has 2 aromatic rings. The smallest absolute Gasteiger partial charge is 0.326 e. The van der Waals surface area contributed by atoms with Crippen LogP contribution in [0.4, 0.5) is 0 Å². The lowest BCUT2D eigenvalue weighted by Gasteiger charge is -2.06. The maximum atomic E-state index is 12.2. The number of fused-ring (bicyclic) bond motifs is 1. The molecular weight excluding hydrogens is 244 g/mol. The highest BCUT2D eigenvalue weighted by atomic mass is 16.5. The van der Waals surface area contributed by atoms with Crippen LogP contribution in [-0.4, -0.2) is 22.1 Å². The van der Waals surface area contributed by atoms with Gasteiger partial charge in [0.05, 0.1) is 6.61 Å². The summed E-state index contributed by atoms with van der Waals surface area (Å²) in [4.78, 5) is 27.6. The van der Waals surface area contributed by atoms with Crippen molar-refractivity contribution in [2.24, 2.45) is 0 Å². The van der Waals surface area contributed by atoms with E-state index in [9.17, 15) is 9.59 Å². The monoisotopic (exact) mass is 256 g/mol. The van der Waals surface area contributed by atoms with Crippen LogP contribution >= 0.6 is 0 Å². The van der Waals surface area contributed by atoms with Crippen LogP contribution in [0.1, 0.15) is 12.6 Å². The number of hydrogen-bond acceptors (Lipinski definition) is 4. The SMILES string of the molecule is C#Cc1ccc2ccn(CC(=O)OCC)c(=O)c2n1. The summed E-state index contributed by atoms with van der Waals surface area (Å²) in [6, 6.07) is 5.11. The molecule has 0 atom stereocenters. The Balaban J connectivity index is 2.48. The number of rotatable bonds is 3.